The number of carbonyl (C=O) groups excluding carboxylic acids is 1. The molecule has 0 aliphatic heterocycles. The molecule has 0 unspecified atom stereocenters. The Morgan fingerprint density at radius 1 is 1.15 bits per heavy atom. The van der Waals surface area contributed by atoms with Crippen molar-refractivity contribution in [1.82, 2.24) is 9.38 Å². The van der Waals surface area contributed by atoms with E-state index in [1.165, 1.54) is 12.1 Å². The molecule has 136 valence electrons. The number of hydrogen-bond donors (Lipinski definition) is 1. The van der Waals surface area contributed by atoms with Crippen LogP contribution < -0.4 is 5.32 Å². The smallest absolute Gasteiger partial charge is 0.321 e. The van der Waals surface area contributed by atoms with Crippen LogP contribution in [0.5, 0.6) is 0 Å². The first-order valence-electron chi connectivity index (χ1n) is 8.26. The SMILES string of the molecule is CCCc1nc2ccc(C)cn2c1C(=O)Nc1ccc(C(F)(F)F)cc1. The number of halogens is 3. The number of imidazole rings is 1. The van der Waals surface area contributed by atoms with Crippen LogP contribution in [0.4, 0.5) is 18.9 Å². The number of aromatic nitrogens is 2. The Hall–Kier alpha value is -2.83. The van der Waals surface area contributed by atoms with Gasteiger partial charge in [-0.2, -0.15) is 13.2 Å². The molecule has 0 saturated carbocycles. The van der Waals surface area contributed by atoms with Crippen LogP contribution in [0.25, 0.3) is 5.65 Å². The summed E-state index contributed by atoms with van der Waals surface area (Å²) in [6.07, 6.45) is -1.13. The minimum atomic E-state index is -4.41. The van der Waals surface area contributed by atoms with Gasteiger partial charge in [-0.05, 0) is 49.2 Å². The molecule has 2 aromatic heterocycles. The van der Waals surface area contributed by atoms with Crippen molar-refractivity contribution in [2.24, 2.45) is 0 Å². The van der Waals surface area contributed by atoms with Crippen molar-refractivity contribution in [3.63, 3.8) is 0 Å². The Kier molecular flexibility index (Phi) is 4.71. The van der Waals surface area contributed by atoms with E-state index in [1.807, 2.05) is 32.2 Å². The van der Waals surface area contributed by atoms with Crippen LogP contribution in [-0.4, -0.2) is 15.3 Å². The van der Waals surface area contributed by atoms with Crippen molar-refractivity contribution in [3.05, 3.63) is 65.1 Å². The summed E-state index contributed by atoms with van der Waals surface area (Å²) in [4.78, 5) is 17.3. The lowest BCUT2D eigenvalue weighted by molar-refractivity contribution is -0.137. The second-order valence-corrected chi connectivity index (χ2v) is 6.12. The number of nitrogens with one attached hydrogen (secondary N) is 1. The van der Waals surface area contributed by atoms with Crippen LogP contribution in [0.15, 0.2) is 42.6 Å². The molecule has 1 N–H and O–H groups in total. The van der Waals surface area contributed by atoms with Gasteiger partial charge in [0.15, 0.2) is 0 Å². The van der Waals surface area contributed by atoms with Gasteiger partial charge in [-0.25, -0.2) is 4.98 Å². The van der Waals surface area contributed by atoms with Gasteiger partial charge in [-0.1, -0.05) is 19.4 Å². The quantitative estimate of drug-likeness (QED) is 0.721. The molecular formula is C19H18F3N3O. The molecule has 0 bridgehead atoms. The molecule has 0 aliphatic carbocycles. The third-order valence-corrected chi connectivity index (χ3v) is 4.01. The summed E-state index contributed by atoms with van der Waals surface area (Å²) < 4.78 is 39.7. The lowest BCUT2D eigenvalue weighted by Crippen LogP contribution is -2.16. The summed E-state index contributed by atoms with van der Waals surface area (Å²) in [6, 6.07) is 8.13. The third-order valence-electron chi connectivity index (χ3n) is 4.01. The first-order valence-corrected chi connectivity index (χ1v) is 8.26. The molecule has 0 atom stereocenters. The van der Waals surface area contributed by atoms with Gasteiger partial charge in [-0.3, -0.25) is 9.20 Å². The van der Waals surface area contributed by atoms with Crippen molar-refractivity contribution in [3.8, 4) is 0 Å². The first-order chi connectivity index (χ1) is 12.3. The van der Waals surface area contributed by atoms with Gasteiger partial charge >= 0.3 is 6.18 Å². The number of fused-ring (bicyclic) bond motifs is 1. The summed E-state index contributed by atoms with van der Waals surface area (Å²) >= 11 is 0. The number of alkyl halides is 3. The van der Waals surface area contributed by atoms with Crippen LogP contribution in [0, 0.1) is 6.92 Å². The van der Waals surface area contributed by atoms with Gasteiger partial charge in [0.25, 0.3) is 5.91 Å². The second-order valence-electron chi connectivity index (χ2n) is 6.12. The van der Waals surface area contributed by atoms with Gasteiger partial charge in [0, 0.05) is 11.9 Å². The fraction of sp³-hybridized carbons (Fsp3) is 0.263. The standard InChI is InChI=1S/C19H18F3N3O/c1-3-4-15-17(25-11-12(2)5-10-16(25)24-15)18(26)23-14-8-6-13(7-9-14)19(20,21)22/h5-11H,3-4H2,1-2H3,(H,23,26). The van der Waals surface area contributed by atoms with Gasteiger partial charge in [0.1, 0.15) is 11.3 Å². The number of pyridine rings is 1. The van der Waals surface area contributed by atoms with Gasteiger partial charge < -0.3 is 5.32 Å². The Bertz CT molecular complexity index is 943. The summed E-state index contributed by atoms with van der Waals surface area (Å²) in [7, 11) is 0. The van der Waals surface area contributed by atoms with E-state index < -0.39 is 17.6 Å². The van der Waals surface area contributed by atoms with Gasteiger partial charge in [-0.15, -0.1) is 0 Å². The molecule has 7 heteroatoms. The van der Waals surface area contributed by atoms with Crippen molar-refractivity contribution in [2.45, 2.75) is 32.9 Å². The van der Waals surface area contributed by atoms with Crippen LogP contribution in [-0.2, 0) is 12.6 Å². The number of benzene rings is 1. The van der Waals surface area contributed by atoms with E-state index in [1.54, 1.807) is 4.40 Å². The van der Waals surface area contributed by atoms with E-state index in [2.05, 4.69) is 10.3 Å². The zero-order valence-corrected chi connectivity index (χ0v) is 14.4. The van der Waals surface area contributed by atoms with Gasteiger partial charge in [0.05, 0.1) is 11.3 Å². The Morgan fingerprint density at radius 2 is 1.85 bits per heavy atom. The predicted molar refractivity (Wildman–Crippen MR) is 93.3 cm³/mol. The van der Waals surface area contributed by atoms with Crippen molar-refractivity contribution in [2.75, 3.05) is 5.32 Å². The maximum Gasteiger partial charge on any atom is 0.416 e. The number of rotatable bonds is 4. The predicted octanol–water partition coefficient (Wildman–Crippen LogP) is 4.87. The van der Waals surface area contributed by atoms with Crippen LogP contribution in [0.1, 0.15) is 40.7 Å². The second kappa shape index (κ2) is 6.82. The fourth-order valence-corrected chi connectivity index (χ4v) is 2.78. The molecule has 0 spiro atoms. The van der Waals surface area contributed by atoms with E-state index in [9.17, 15) is 18.0 Å². The Balaban J connectivity index is 1.94. The molecular weight excluding hydrogens is 343 g/mol. The number of amides is 1. The zero-order valence-electron chi connectivity index (χ0n) is 14.4. The Labute approximate surface area is 148 Å². The number of hydrogen-bond acceptors (Lipinski definition) is 2. The molecule has 4 nitrogen and oxygen atoms in total. The largest absolute Gasteiger partial charge is 0.416 e. The molecule has 0 aliphatic rings. The lowest BCUT2D eigenvalue weighted by Gasteiger charge is -2.10. The number of nitrogens with zero attached hydrogens (tertiary/aromatic N) is 2. The fourth-order valence-electron chi connectivity index (χ4n) is 2.78. The first kappa shape index (κ1) is 18.0. The van der Waals surface area contributed by atoms with Crippen molar-refractivity contribution < 1.29 is 18.0 Å². The minimum Gasteiger partial charge on any atom is -0.321 e. The van der Waals surface area contributed by atoms with Crippen LogP contribution in [0.2, 0.25) is 0 Å². The van der Waals surface area contributed by atoms with E-state index >= 15 is 0 Å². The summed E-state index contributed by atoms with van der Waals surface area (Å²) in [6.45, 7) is 3.91. The third kappa shape index (κ3) is 3.56. The molecule has 3 aromatic rings. The van der Waals surface area contributed by atoms with Crippen molar-refractivity contribution >= 4 is 17.2 Å². The molecule has 26 heavy (non-hydrogen) atoms. The maximum atomic E-state index is 12.8. The maximum absolute atomic E-state index is 12.8. The minimum absolute atomic E-state index is 0.299. The molecule has 1 amide bonds. The highest BCUT2D eigenvalue weighted by Crippen LogP contribution is 2.30. The molecule has 0 saturated heterocycles. The summed E-state index contributed by atoms with van der Waals surface area (Å²) in [5.74, 6) is -0.397. The van der Waals surface area contributed by atoms with E-state index in [0.29, 0.717) is 29.1 Å². The van der Waals surface area contributed by atoms with E-state index in [0.717, 1.165) is 24.1 Å². The monoisotopic (exact) mass is 361 g/mol. The number of aryl methyl sites for hydroxylation is 2. The average Bonchev–Trinajstić information content (AvgIpc) is 2.92. The van der Waals surface area contributed by atoms with Crippen LogP contribution in [0.3, 0.4) is 0 Å². The lowest BCUT2D eigenvalue weighted by atomic mass is 10.2. The summed E-state index contributed by atoms with van der Waals surface area (Å²) in [5, 5.41) is 2.67. The van der Waals surface area contributed by atoms with Crippen molar-refractivity contribution in [1.29, 1.82) is 0 Å². The molecule has 0 fully saturated rings. The normalized spacial score (nSPS) is 11.7. The van der Waals surface area contributed by atoms with E-state index in [4.69, 9.17) is 0 Å². The highest BCUT2D eigenvalue weighted by atomic mass is 19.4. The molecule has 1 aromatic carbocycles. The van der Waals surface area contributed by atoms with Crippen LogP contribution >= 0.6 is 0 Å². The number of anilines is 1. The average molecular weight is 361 g/mol. The van der Waals surface area contributed by atoms with Gasteiger partial charge in [0.2, 0.25) is 0 Å². The Morgan fingerprint density at radius 3 is 2.46 bits per heavy atom. The highest BCUT2D eigenvalue weighted by Gasteiger charge is 2.30. The summed E-state index contributed by atoms with van der Waals surface area (Å²) in [5.41, 5.74) is 2.26. The topological polar surface area (TPSA) is 46.4 Å². The highest BCUT2D eigenvalue weighted by molar-refractivity contribution is 6.04. The molecule has 2 heterocycles. The van der Waals surface area contributed by atoms with E-state index in [-0.39, 0.29) is 0 Å². The number of carbonyl (C=O) groups is 1. The molecule has 3 rings (SSSR count). The zero-order chi connectivity index (χ0) is 18.9. The molecule has 0 radical (unpaired) electrons.